The van der Waals surface area contributed by atoms with Crippen molar-refractivity contribution in [3.8, 4) is 0 Å². The topological polar surface area (TPSA) is 63.6 Å². The second kappa shape index (κ2) is 5.68. The normalized spacial score (nSPS) is 25.1. The van der Waals surface area contributed by atoms with Crippen molar-refractivity contribution in [2.45, 2.75) is 25.7 Å². The van der Waals surface area contributed by atoms with E-state index in [-0.39, 0.29) is 6.42 Å². The number of carboxylic acids is 1. The van der Waals surface area contributed by atoms with Gasteiger partial charge in [-0.3, -0.25) is 9.59 Å². The fourth-order valence-corrected chi connectivity index (χ4v) is 2.89. The SMILES string of the molecule is COC(=O)[C@@]1(C(=O)O)CC=C(C)C[C@@H]1c1ccc(F)cc1. The highest BCUT2D eigenvalue weighted by molar-refractivity contribution is 6.01. The molecule has 112 valence electrons. The van der Waals surface area contributed by atoms with Crippen LogP contribution in [0.1, 0.15) is 31.2 Å². The van der Waals surface area contributed by atoms with Crippen LogP contribution in [0.15, 0.2) is 35.9 Å². The van der Waals surface area contributed by atoms with Gasteiger partial charge in [0.1, 0.15) is 5.82 Å². The number of ether oxygens (including phenoxy) is 1. The van der Waals surface area contributed by atoms with Gasteiger partial charge in [-0.05, 0) is 37.5 Å². The first kappa shape index (κ1) is 15.2. The maximum atomic E-state index is 13.1. The number of carboxylic acid groups (broad SMARTS) is 1. The molecule has 1 aromatic carbocycles. The highest BCUT2D eigenvalue weighted by atomic mass is 19.1. The Morgan fingerprint density at radius 3 is 2.48 bits per heavy atom. The van der Waals surface area contributed by atoms with Gasteiger partial charge >= 0.3 is 11.9 Å². The average molecular weight is 292 g/mol. The third-order valence-electron chi connectivity index (χ3n) is 4.10. The highest BCUT2D eigenvalue weighted by Crippen LogP contribution is 2.48. The number of benzene rings is 1. The number of carbonyl (C=O) groups is 2. The van der Waals surface area contributed by atoms with E-state index in [9.17, 15) is 19.1 Å². The van der Waals surface area contributed by atoms with E-state index in [1.54, 1.807) is 6.08 Å². The molecule has 1 aromatic rings. The summed E-state index contributed by atoms with van der Waals surface area (Å²) in [6.07, 6.45) is 2.25. The van der Waals surface area contributed by atoms with Crippen molar-refractivity contribution in [3.63, 3.8) is 0 Å². The van der Waals surface area contributed by atoms with Gasteiger partial charge in [0.15, 0.2) is 5.41 Å². The van der Waals surface area contributed by atoms with Crippen LogP contribution >= 0.6 is 0 Å². The maximum absolute atomic E-state index is 13.1. The molecule has 0 amide bonds. The van der Waals surface area contributed by atoms with Crippen LogP contribution in [-0.4, -0.2) is 24.2 Å². The molecule has 0 aliphatic heterocycles. The zero-order chi connectivity index (χ0) is 15.6. The van der Waals surface area contributed by atoms with Gasteiger partial charge in [0, 0.05) is 5.92 Å². The number of aliphatic carboxylic acids is 1. The Hall–Kier alpha value is -2.17. The molecule has 0 saturated heterocycles. The Balaban J connectivity index is 2.56. The molecule has 1 N–H and O–H groups in total. The zero-order valence-electron chi connectivity index (χ0n) is 11.9. The van der Waals surface area contributed by atoms with Crippen LogP contribution in [0.3, 0.4) is 0 Å². The molecule has 0 fully saturated rings. The van der Waals surface area contributed by atoms with Crippen molar-refractivity contribution < 1.29 is 23.8 Å². The predicted molar refractivity (Wildman–Crippen MR) is 74.2 cm³/mol. The summed E-state index contributed by atoms with van der Waals surface area (Å²) < 4.78 is 17.8. The Kier molecular flexibility index (Phi) is 4.11. The second-order valence-corrected chi connectivity index (χ2v) is 5.33. The highest BCUT2D eigenvalue weighted by Gasteiger charge is 2.54. The fraction of sp³-hybridized carbons (Fsp3) is 0.375. The van der Waals surface area contributed by atoms with E-state index < -0.39 is 29.1 Å². The summed E-state index contributed by atoms with van der Waals surface area (Å²) in [5.41, 5.74) is -0.0340. The minimum Gasteiger partial charge on any atom is -0.480 e. The minimum absolute atomic E-state index is 0.0723. The summed E-state index contributed by atoms with van der Waals surface area (Å²) in [5.74, 6) is -2.96. The van der Waals surface area contributed by atoms with Gasteiger partial charge in [0.25, 0.3) is 0 Å². The lowest BCUT2D eigenvalue weighted by Crippen LogP contribution is -2.46. The summed E-state index contributed by atoms with van der Waals surface area (Å²) in [4.78, 5) is 24.0. The summed E-state index contributed by atoms with van der Waals surface area (Å²) in [5, 5.41) is 9.66. The average Bonchev–Trinajstić information content (AvgIpc) is 2.47. The molecule has 21 heavy (non-hydrogen) atoms. The van der Waals surface area contributed by atoms with Crippen molar-refractivity contribution >= 4 is 11.9 Å². The fourth-order valence-electron chi connectivity index (χ4n) is 2.89. The summed E-state index contributed by atoms with van der Waals surface area (Å²) in [7, 11) is 1.18. The molecule has 2 rings (SSSR count). The molecule has 2 atom stereocenters. The number of hydrogen-bond donors (Lipinski definition) is 1. The molecule has 1 aliphatic carbocycles. The zero-order valence-corrected chi connectivity index (χ0v) is 11.9. The molecule has 0 radical (unpaired) electrons. The molecule has 0 heterocycles. The van der Waals surface area contributed by atoms with E-state index in [0.29, 0.717) is 12.0 Å². The van der Waals surface area contributed by atoms with Gasteiger partial charge in [-0.1, -0.05) is 23.8 Å². The molecule has 0 saturated carbocycles. The molecular weight excluding hydrogens is 275 g/mol. The lowest BCUT2D eigenvalue weighted by molar-refractivity contribution is -0.169. The number of carbonyl (C=O) groups excluding carboxylic acids is 1. The summed E-state index contributed by atoms with van der Waals surface area (Å²) >= 11 is 0. The van der Waals surface area contributed by atoms with Gasteiger partial charge in [-0.25, -0.2) is 4.39 Å². The van der Waals surface area contributed by atoms with E-state index >= 15 is 0 Å². The largest absolute Gasteiger partial charge is 0.480 e. The van der Waals surface area contributed by atoms with E-state index in [2.05, 4.69) is 0 Å². The Morgan fingerprint density at radius 1 is 1.33 bits per heavy atom. The van der Waals surface area contributed by atoms with E-state index in [1.807, 2.05) is 6.92 Å². The molecule has 0 unspecified atom stereocenters. The first-order valence-corrected chi connectivity index (χ1v) is 6.64. The van der Waals surface area contributed by atoms with Crippen molar-refractivity contribution in [2.24, 2.45) is 5.41 Å². The van der Waals surface area contributed by atoms with E-state index in [1.165, 1.54) is 31.4 Å². The molecule has 0 aromatic heterocycles. The smallest absolute Gasteiger partial charge is 0.324 e. The molecule has 5 heteroatoms. The maximum Gasteiger partial charge on any atom is 0.324 e. The van der Waals surface area contributed by atoms with Gasteiger partial charge in [0.2, 0.25) is 0 Å². The number of methoxy groups -OCH3 is 1. The van der Waals surface area contributed by atoms with Crippen molar-refractivity contribution in [2.75, 3.05) is 7.11 Å². The van der Waals surface area contributed by atoms with Crippen molar-refractivity contribution in [1.82, 2.24) is 0 Å². The van der Waals surface area contributed by atoms with E-state index in [0.717, 1.165) is 5.57 Å². The molecule has 0 spiro atoms. The third kappa shape index (κ3) is 2.55. The third-order valence-corrected chi connectivity index (χ3v) is 4.10. The van der Waals surface area contributed by atoms with Crippen LogP contribution < -0.4 is 0 Å². The summed E-state index contributed by atoms with van der Waals surface area (Å²) in [6.45, 7) is 1.89. The quantitative estimate of drug-likeness (QED) is 0.528. The lowest BCUT2D eigenvalue weighted by Gasteiger charge is -2.37. The Morgan fingerprint density at radius 2 is 1.95 bits per heavy atom. The predicted octanol–water partition coefficient (Wildman–Crippen LogP) is 2.89. The molecule has 4 nitrogen and oxygen atoms in total. The number of esters is 1. The number of hydrogen-bond acceptors (Lipinski definition) is 3. The van der Waals surface area contributed by atoms with Crippen molar-refractivity contribution in [3.05, 3.63) is 47.3 Å². The first-order valence-electron chi connectivity index (χ1n) is 6.64. The standard InChI is InChI=1S/C16H17FO4/c1-10-7-8-16(14(18)19,15(20)21-2)13(9-10)11-3-5-12(17)6-4-11/h3-7,13H,8-9H2,1-2H3,(H,18,19)/t13-,16+/m1/s1. The van der Waals surface area contributed by atoms with Gasteiger partial charge in [-0.15, -0.1) is 0 Å². The van der Waals surface area contributed by atoms with E-state index in [4.69, 9.17) is 4.74 Å². The van der Waals surface area contributed by atoms with Crippen LogP contribution in [0.25, 0.3) is 0 Å². The number of rotatable bonds is 3. The minimum atomic E-state index is -1.66. The van der Waals surface area contributed by atoms with Crippen LogP contribution in [0, 0.1) is 11.2 Å². The van der Waals surface area contributed by atoms with Crippen LogP contribution in [-0.2, 0) is 14.3 Å². The van der Waals surface area contributed by atoms with Gasteiger partial charge < -0.3 is 9.84 Å². The molecule has 1 aliphatic rings. The van der Waals surface area contributed by atoms with Gasteiger partial charge in [-0.2, -0.15) is 0 Å². The first-order chi connectivity index (χ1) is 9.91. The van der Waals surface area contributed by atoms with Gasteiger partial charge in [0.05, 0.1) is 7.11 Å². The monoisotopic (exact) mass is 292 g/mol. The van der Waals surface area contributed by atoms with Crippen LogP contribution in [0.4, 0.5) is 4.39 Å². The van der Waals surface area contributed by atoms with Crippen LogP contribution in [0.5, 0.6) is 0 Å². The Bertz CT molecular complexity index is 591. The summed E-state index contributed by atoms with van der Waals surface area (Å²) in [6, 6.07) is 5.60. The lowest BCUT2D eigenvalue weighted by atomic mass is 9.64. The second-order valence-electron chi connectivity index (χ2n) is 5.33. The Labute approximate surface area is 122 Å². The van der Waals surface area contributed by atoms with Crippen molar-refractivity contribution in [1.29, 1.82) is 0 Å². The molecule has 0 bridgehead atoms. The number of halogens is 1. The van der Waals surface area contributed by atoms with Crippen LogP contribution in [0.2, 0.25) is 0 Å². The molecular formula is C16H17FO4. The number of allylic oxidation sites excluding steroid dienone is 2.